The van der Waals surface area contributed by atoms with Crippen LogP contribution in [0, 0.1) is 11.3 Å². The lowest BCUT2D eigenvalue weighted by Gasteiger charge is -2.32. The highest BCUT2D eigenvalue weighted by Crippen LogP contribution is 2.38. The van der Waals surface area contributed by atoms with Gasteiger partial charge in [0.1, 0.15) is 11.8 Å². The zero-order valence-electron chi connectivity index (χ0n) is 20.3. The second kappa shape index (κ2) is 11.5. The maximum absolute atomic E-state index is 9.71. The van der Waals surface area contributed by atoms with Gasteiger partial charge in [0, 0.05) is 62.1 Å². The fraction of sp³-hybridized carbons (Fsp3) is 0.385. The van der Waals surface area contributed by atoms with Crippen LogP contribution in [-0.4, -0.2) is 75.4 Å². The fourth-order valence-electron chi connectivity index (χ4n) is 4.12. The number of nitriles is 1. The van der Waals surface area contributed by atoms with Crippen molar-refractivity contribution in [3.8, 4) is 23.3 Å². The molecule has 1 N–H and O–H groups in total. The van der Waals surface area contributed by atoms with Gasteiger partial charge in [-0.15, -0.1) is 0 Å². The molecule has 184 valence electrons. The third kappa shape index (κ3) is 5.88. The van der Waals surface area contributed by atoms with Crippen molar-refractivity contribution in [1.29, 1.82) is 5.26 Å². The summed E-state index contributed by atoms with van der Waals surface area (Å²) < 4.78 is 17.0. The topological polar surface area (TPSA) is 82.9 Å². The molecule has 8 nitrogen and oxygen atoms in total. The quantitative estimate of drug-likeness (QED) is 0.433. The van der Waals surface area contributed by atoms with Gasteiger partial charge in [-0.1, -0.05) is 11.6 Å². The summed E-state index contributed by atoms with van der Waals surface area (Å²) in [6.07, 6.45) is 2.48. The first-order valence-electron chi connectivity index (χ1n) is 11.6. The number of piperazine rings is 1. The molecule has 0 spiro atoms. The lowest BCUT2D eigenvalue weighted by Crippen LogP contribution is -2.44. The minimum absolute atomic E-state index is 0.411. The molecule has 9 heteroatoms. The average Bonchev–Trinajstić information content (AvgIpc) is 2.88. The van der Waals surface area contributed by atoms with Gasteiger partial charge in [0.05, 0.1) is 42.6 Å². The highest BCUT2D eigenvalue weighted by atomic mass is 35.5. The first kappa shape index (κ1) is 24.9. The Morgan fingerprint density at radius 2 is 1.83 bits per heavy atom. The first-order chi connectivity index (χ1) is 17.0. The molecule has 4 rings (SSSR count). The Balaban J connectivity index is 1.54. The van der Waals surface area contributed by atoms with Gasteiger partial charge < -0.3 is 29.3 Å². The first-order valence-corrected chi connectivity index (χ1v) is 11.9. The van der Waals surface area contributed by atoms with Crippen molar-refractivity contribution >= 4 is 33.9 Å². The molecule has 0 atom stereocenters. The molecule has 1 aliphatic rings. The number of halogens is 1. The summed E-state index contributed by atoms with van der Waals surface area (Å²) in [6.45, 7) is 5.99. The highest BCUT2D eigenvalue weighted by molar-refractivity contribution is 6.32. The monoisotopic (exact) mass is 495 g/mol. The van der Waals surface area contributed by atoms with Crippen LogP contribution in [-0.2, 0) is 0 Å². The maximum Gasteiger partial charge on any atom is 0.163 e. The van der Waals surface area contributed by atoms with Crippen molar-refractivity contribution in [1.82, 2.24) is 14.8 Å². The lowest BCUT2D eigenvalue weighted by atomic mass is 10.1. The van der Waals surface area contributed by atoms with Crippen molar-refractivity contribution in [3.05, 3.63) is 47.1 Å². The van der Waals surface area contributed by atoms with E-state index in [1.54, 1.807) is 32.5 Å². The predicted molar refractivity (Wildman–Crippen MR) is 138 cm³/mol. The van der Waals surface area contributed by atoms with E-state index in [0.717, 1.165) is 50.2 Å². The largest absolute Gasteiger partial charge is 0.495 e. The summed E-state index contributed by atoms with van der Waals surface area (Å²) in [5.41, 5.74) is 2.47. The molecule has 2 aromatic carbocycles. The zero-order chi connectivity index (χ0) is 24.8. The van der Waals surface area contributed by atoms with Crippen LogP contribution in [0.15, 0.2) is 36.5 Å². The van der Waals surface area contributed by atoms with Crippen molar-refractivity contribution < 1.29 is 14.2 Å². The Kier molecular flexibility index (Phi) is 8.13. The molecule has 0 saturated carbocycles. The lowest BCUT2D eigenvalue weighted by molar-refractivity contribution is 0.145. The number of hydrogen-bond acceptors (Lipinski definition) is 8. The summed E-state index contributed by atoms with van der Waals surface area (Å²) in [5.74, 6) is 1.76. The number of pyridine rings is 1. The Morgan fingerprint density at radius 1 is 1.06 bits per heavy atom. The van der Waals surface area contributed by atoms with Gasteiger partial charge in [-0.2, -0.15) is 5.26 Å². The van der Waals surface area contributed by atoms with E-state index < -0.39 is 0 Å². The SMILES string of the molecule is COc1cc(Nc2c(C#N)cnc3cc(OCCCN4CCN(C)CC4)c(OC)cc23)ccc1Cl. The number of likely N-dealkylation sites (N-methyl/N-ethyl adjacent to an activating group) is 1. The Morgan fingerprint density at radius 3 is 2.54 bits per heavy atom. The van der Waals surface area contributed by atoms with Gasteiger partial charge in [-0.3, -0.25) is 4.98 Å². The van der Waals surface area contributed by atoms with Crippen LogP contribution in [0.1, 0.15) is 12.0 Å². The van der Waals surface area contributed by atoms with Crippen molar-refractivity contribution in [2.75, 3.05) is 65.9 Å². The maximum atomic E-state index is 9.71. The minimum atomic E-state index is 0.411. The van der Waals surface area contributed by atoms with Crippen LogP contribution < -0.4 is 19.5 Å². The number of nitrogens with zero attached hydrogens (tertiary/aromatic N) is 4. The van der Waals surface area contributed by atoms with Crippen LogP contribution in [0.5, 0.6) is 17.2 Å². The number of benzene rings is 2. The summed E-state index contributed by atoms with van der Waals surface area (Å²) >= 11 is 6.16. The Hall–Kier alpha value is -3.25. The number of fused-ring (bicyclic) bond motifs is 1. The van der Waals surface area contributed by atoms with Crippen molar-refractivity contribution in [2.24, 2.45) is 0 Å². The molecule has 0 radical (unpaired) electrons. The smallest absolute Gasteiger partial charge is 0.163 e. The highest BCUT2D eigenvalue weighted by Gasteiger charge is 2.16. The van der Waals surface area contributed by atoms with Gasteiger partial charge in [0.15, 0.2) is 11.5 Å². The molecule has 1 fully saturated rings. The van der Waals surface area contributed by atoms with Gasteiger partial charge in [-0.25, -0.2) is 0 Å². The van der Waals surface area contributed by atoms with Crippen molar-refractivity contribution in [3.63, 3.8) is 0 Å². The van der Waals surface area contributed by atoms with Crippen molar-refractivity contribution in [2.45, 2.75) is 6.42 Å². The standard InChI is InChI=1S/C26H30ClN5O3/c1-31-8-10-32(11-9-31)7-4-12-35-25-15-22-20(14-24(25)34-3)26(18(16-28)17-29-22)30-19-5-6-21(27)23(13-19)33-2/h5-6,13-15,17H,4,7-12H2,1-3H3,(H,29,30). The van der Waals surface area contributed by atoms with E-state index in [1.165, 1.54) is 0 Å². The molecule has 1 aromatic heterocycles. The molecule has 0 amide bonds. The predicted octanol–water partition coefficient (Wildman–Crippen LogP) is 4.54. The Labute approximate surface area is 211 Å². The molecule has 1 aliphatic heterocycles. The van der Waals surface area contributed by atoms with Crippen LogP contribution in [0.2, 0.25) is 5.02 Å². The molecule has 1 saturated heterocycles. The number of aromatic nitrogens is 1. The number of anilines is 2. The van der Waals surface area contributed by atoms with E-state index in [1.807, 2.05) is 18.2 Å². The Bertz CT molecular complexity index is 1220. The normalized spacial score (nSPS) is 14.5. The van der Waals surface area contributed by atoms with Gasteiger partial charge in [-0.05, 0) is 31.7 Å². The van der Waals surface area contributed by atoms with E-state index >= 15 is 0 Å². The van der Waals surface area contributed by atoms with Crippen LogP contribution in [0.4, 0.5) is 11.4 Å². The second-order valence-electron chi connectivity index (χ2n) is 8.50. The van der Waals surface area contributed by atoms with E-state index in [-0.39, 0.29) is 0 Å². The zero-order valence-corrected chi connectivity index (χ0v) is 21.1. The molecule has 0 bridgehead atoms. The third-order valence-electron chi connectivity index (χ3n) is 6.17. The summed E-state index contributed by atoms with van der Waals surface area (Å²) in [4.78, 5) is 9.31. The average molecular weight is 496 g/mol. The molecule has 3 aromatic rings. The number of rotatable bonds is 9. The third-order valence-corrected chi connectivity index (χ3v) is 6.48. The number of nitrogens with one attached hydrogen (secondary N) is 1. The minimum Gasteiger partial charge on any atom is -0.495 e. The second-order valence-corrected chi connectivity index (χ2v) is 8.91. The van der Waals surface area contributed by atoms with E-state index in [2.05, 4.69) is 33.2 Å². The van der Waals surface area contributed by atoms with Gasteiger partial charge >= 0.3 is 0 Å². The van der Waals surface area contributed by atoms with Gasteiger partial charge in [0.25, 0.3) is 0 Å². The molecular formula is C26H30ClN5O3. The fourth-order valence-corrected chi connectivity index (χ4v) is 4.31. The van der Waals surface area contributed by atoms with E-state index in [9.17, 15) is 5.26 Å². The number of hydrogen-bond donors (Lipinski definition) is 1. The number of ether oxygens (including phenoxy) is 3. The molecule has 0 unspecified atom stereocenters. The molecule has 35 heavy (non-hydrogen) atoms. The van der Waals surface area contributed by atoms with Crippen LogP contribution in [0.3, 0.4) is 0 Å². The van der Waals surface area contributed by atoms with Crippen LogP contribution >= 0.6 is 11.6 Å². The summed E-state index contributed by atoms with van der Waals surface area (Å²) in [6, 6.07) is 11.3. The number of methoxy groups -OCH3 is 2. The summed E-state index contributed by atoms with van der Waals surface area (Å²) in [5, 5.41) is 14.3. The molecule has 2 heterocycles. The summed E-state index contributed by atoms with van der Waals surface area (Å²) in [7, 11) is 5.33. The van der Waals surface area contributed by atoms with Crippen LogP contribution in [0.25, 0.3) is 10.9 Å². The van der Waals surface area contributed by atoms with E-state index in [4.69, 9.17) is 25.8 Å². The van der Waals surface area contributed by atoms with E-state index in [0.29, 0.717) is 45.6 Å². The molecule has 0 aliphatic carbocycles. The molecular weight excluding hydrogens is 466 g/mol. The van der Waals surface area contributed by atoms with Gasteiger partial charge in [0.2, 0.25) is 0 Å².